The molecule has 1 amide bonds. The van der Waals surface area contributed by atoms with Crippen LogP contribution in [0.2, 0.25) is 0 Å². The summed E-state index contributed by atoms with van der Waals surface area (Å²) in [7, 11) is 0. The van der Waals surface area contributed by atoms with Gasteiger partial charge in [-0.05, 0) is 29.5 Å². The lowest BCUT2D eigenvalue weighted by Crippen LogP contribution is -2.25. The summed E-state index contributed by atoms with van der Waals surface area (Å²) in [5, 5.41) is 2.21. The van der Waals surface area contributed by atoms with E-state index in [4.69, 9.17) is 4.74 Å². The zero-order valence-electron chi connectivity index (χ0n) is 16.9. The molecular weight excluding hydrogens is 348 g/mol. The largest absolute Gasteiger partial charge is 0.493 e. The van der Waals surface area contributed by atoms with Gasteiger partial charge >= 0.3 is 0 Å². The molecule has 0 spiro atoms. The number of nitrogens with one attached hydrogen (secondary N) is 2. The zero-order chi connectivity index (χ0) is 19.6. The Kier molecular flexibility index (Phi) is 7.92. The molecule has 3 rings (SSSR count). The molecule has 0 aromatic heterocycles. The fraction of sp³-hybridized carbons (Fsp3) is 0.458. The highest BCUT2D eigenvalue weighted by atomic mass is 16.5. The Morgan fingerprint density at radius 3 is 2.36 bits per heavy atom. The molecule has 0 bridgehead atoms. The molecule has 4 nitrogen and oxygen atoms in total. The van der Waals surface area contributed by atoms with E-state index in [9.17, 15) is 4.79 Å². The van der Waals surface area contributed by atoms with Crippen LogP contribution in [-0.4, -0.2) is 19.1 Å². The van der Waals surface area contributed by atoms with Crippen molar-refractivity contribution in [3.05, 3.63) is 47.5 Å². The molecule has 1 fully saturated rings. The molecule has 1 aliphatic heterocycles. The first kappa shape index (κ1) is 20.4. The lowest BCUT2D eigenvalue weighted by Gasteiger charge is -2.11. The smallest absolute Gasteiger partial charge is 0.262 e. The van der Waals surface area contributed by atoms with E-state index in [1.165, 1.54) is 44.9 Å². The number of carbonyl (C=O) groups excluding carboxylic acids is 1. The highest BCUT2D eigenvalue weighted by Crippen LogP contribution is 2.30. The van der Waals surface area contributed by atoms with Gasteiger partial charge in [0.05, 0.1) is 6.61 Å². The van der Waals surface area contributed by atoms with E-state index in [0.29, 0.717) is 6.54 Å². The van der Waals surface area contributed by atoms with Crippen molar-refractivity contribution in [2.75, 3.05) is 13.2 Å². The normalized spacial score (nSPS) is 15.3. The first-order valence-corrected chi connectivity index (χ1v) is 10.7. The van der Waals surface area contributed by atoms with Crippen LogP contribution in [0.4, 0.5) is 0 Å². The Morgan fingerprint density at radius 1 is 0.929 bits per heavy atom. The van der Waals surface area contributed by atoms with Crippen LogP contribution in [0, 0.1) is 0 Å². The molecule has 0 radical (unpaired) electrons. The quantitative estimate of drug-likeness (QED) is 0.407. The van der Waals surface area contributed by atoms with Crippen molar-refractivity contribution in [3.8, 4) is 5.75 Å². The maximum Gasteiger partial charge on any atom is 0.262 e. The summed E-state index contributed by atoms with van der Waals surface area (Å²) in [5.41, 5.74) is 7.29. The van der Waals surface area contributed by atoms with E-state index in [-0.39, 0.29) is 5.91 Å². The molecule has 150 valence electrons. The fourth-order valence-electron chi connectivity index (χ4n) is 3.65. The van der Waals surface area contributed by atoms with Crippen molar-refractivity contribution < 1.29 is 9.53 Å². The molecule has 1 saturated heterocycles. The second-order valence-corrected chi connectivity index (χ2v) is 7.50. The van der Waals surface area contributed by atoms with Crippen LogP contribution in [-0.2, 0) is 4.79 Å². The van der Waals surface area contributed by atoms with Crippen molar-refractivity contribution in [2.24, 2.45) is 0 Å². The molecule has 2 N–H and O–H groups in total. The maximum absolute atomic E-state index is 11.8. The van der Waals surface area contributed by atoms with E-state index >= 15 is 0 Å². The minimum absolute atomic E-state index is 0.0564. The second-order valence-electron chi connectivity index (χ2n) is 7.50. The van der Waals surface area contributed by atoms with Gasteiger partial charge in [0.1, 0.15) is 5.75 Å². The Morgan fingerprint density at radius 2 is 1.64 bits per heavy atom. The van der Waals surface area contributed by atoms with Crippen molar-refractivity contribution in [1.29, 1.82) is 0 Å². The SMILES string of the molecule is CCCCCCCCCCOc1ccc(/C=C2\CNNC2=O)c2ccccc12. The molecule has 28 heavy (non-hydrogen) atoms. The molecule has 0 saturated carbocycles. The summed E-state index contributed by atoms with van der Waals surface area (Å²) in [6.07, 6.45) is 12.3. The van der Waals surface area contributed by atoms with E-state index in [1.807, 2.05) is 30.3 Å². The molecule has 2 aromatic rings. The Hall–Kier alpha value is -2.33. The minimum atomic E-state index is -0.0564. The van der Waals surface area contributed by atoms with E-state index in [0.717, 1.165) is 40.7 Å². The van der Waals surface area contributed by atoms with Gasteiger partial charge in [-0.2, -0.15) is 0 Å². The van der Waals surface area contributed by atoms with Crippen LogP contribution in [0.25, 0.3) is 16.8 Å². The number of benzene rings is 2. The average molecular weight is 381 g/mol. The van der Waals surface area contributed by atoms with Crippen molar-refractivity contribution in [3.63, 3.8) is 0 Å². The molecule has 2 aromatic carbocycles. The third-order valence-electron chi connectivity index (χ3n) is 5.28. The van der Waals surface area contributed by atoms with Gasteiger partial charge in [0.15, 0.2) is 0 Å². The zero-order valence-corrected chi connectivity index (χ0v) is 16.9. The van der Waals surface area contributed by atoms with Crippen LogP contribution in [0.5, 0.6) is 5.75 Å². The summed E-state index contributed by atoms with van der Waals surface area (Å²) in [4.78, 5) is 11.8. The van der Waals surface area contributed by atoms with Crippen LogP contribution >= 0.6 is 0 Å². The summed E-state index contributed by atoms with van der Waals surface area (Å²) < 4.78 is 6.10. The summed E-state index contributed by atoms with van der Waals surface area (Å²) >= 11 is 0. The number of unbranched alkanes of at least 4 members (excludes halogenated alkanes) is 7. The Labute approximate surface area is 168 Å². The monoisotopic (exact) mass is 380 g/mol. The first-order valence-electron chi connectivity index (χ1n) is 10.7. The number of fused-ring (bicyclic) bond motifs is 1. The van der Waals surface area contributed by atoms with Gasteiger partial charge in [-0.15, -0.1) is 0 Å². The molecule has 0 aliphatic carbocycles. The van der Waals surface area contributed by atoms with Gasteiger partial charge in [-0.1, -0.05) is 82.2 Å². The summed E-state index contributed by atoms with van der Waals surface area (Å²) in [6, 6.07) is 12.3. The van der Waals surface area contributed by atoms with Gasteiger partial charge in [-0.3, -0.25) is 10.2 Å². The number of hydrogen-bond acceptors (Lipinski definition) is 3. The topological polar surface area (TPSA) is 50.4 Å². The molecule has 0 unspecified atom stereocenters. The van der Waals surface area contributed by atoms with Crippen LogP contribution in [0.15, 0.2) is 42.0 Å². The molecule has 1 heterocycles. The van der Waals surface area contributed by atoms with Gasteiger partial charge in [0.25, 0.3) is 5.91 Å². The average Bonchev–Trinajstić information content (AvgIpc) is 3.12. The maximum atomic E-state index is 11.8. The number of hydrogen-bond donors (Lipinski definition) is 2. The summed E-state index contributed by atoms with van der Waals surface area (Å²) in [6.45, 7) is 3.56. The van der Waals surface area contributed by atoms with E-state index in [1.54, 1.807) is 0 Å². The van der Waals surface area contributed by atoms with Crippen LogP contribution in [0.3, 0.4) is 0 Å². The predicted molar refractivity (Wildman–Crippen MR) is 116 cm³/mol. The van der Waals surface area contributed by atoms with Gasteiger partial charge in [0, 0.05) is 17.5 Å². The lowest BCUT2D eigenvalue weighted by atomic mass is 10.0. The number of amides is 1. The highest BCUT2D eigenvalue weighted by molar-refractivity contribution is 6.03. The van der Waals surface area contributed by atoms with Crippen LogP contribution < -0.4 is 15.6 Å². The van der Waals surface area contributed by atoms with Gasteiger partial charge in [0.2, 0.25) is 0 Å². The number of ether oxygens (including phenoxy) is 1. The van der Waals surface area contributed by atoms with Crippen molar-refractivity contribution in [1.82, 2.24) is 10.9 Å². The number of rotatable bonds is 11. The first-order chi connectivity index (χ1) is 13.8. The number of hydrazine groups is 1. The van der Waals surface area contributed by atoms with Gasteiger partial charge in [-0.25, -0.2) is 5.43 Å². The van der Waals surface area contributed by atoms with Crippen molar-refractivity contribution in [2.45, 2.75) is 58.3 Å². The standard InChI is InChI=1S/C24H32N2O2/c1-2-3-4-5-6-7-8-11-16-28-23-15-14-19(17-20-18-25-26-24(20)27)21-12-9-10-13-22(21)23/h9-10,12-15,17,25H,2-8,11,16,18H2,1H3,(H,26,27)/b20-17+. The Bertz CT molecular complexity index is 813. The highest BCUT2D eigenvalue weighted by Gasteiger charge is 2.16. The Balaban J connectivity index is 1.56. The summed E-state index contributed by atoms with van der Waals surface area (Å²) in [5.74, 6) is 0.869. The van der Waals surface area contributed by atoms with Gasteiger partial charge < -0.3 is 4.74 Å². The third-order valence-corrected chi connectivity index (χ3v) is 5.28. The van der Waals surface area contributed by atoms with Crippen LogP contribution in [0.1, 0.15) is 63.9 Å². The van der Waals surface area contributed by atoms with E-state index < -0.39 is 0 Å². The predicted octanol–water partition coefficient (Wildman–Crippen LogP) is 5.38. The molecule has 1 aliphatic rings. The lowest BCUT2D eigenvalue weighted by molar-refractivity contribution is -0.116. The second kappa shape index (κ2) is 10.9. The fourth-order valence-corrected chi connectivity index (χ4v) is 3.65. The molecule has 4 heteroatoms. The van der Waals surface area contributed by atoms with Crippen molar-refractivity contribution >= 4 is 22.8 Å². The minimum Gasteiger partial charge on any atom is -0.493 e. The number of carbonyl (C=O) groups is 1. The third kappa shape index (κ3) is 5.59. The molecule has 0 atom stereocenters. The molecular formula is C24H32N2O2. The van der Waals surface area contributed by atoms with E-state index in [2.05, 4.69) is 29.9 Å².